The molecule has 15 heavy (non-hydrogen) atoms. The minimum Gasteiger partial charge on any atom is -0.374 e. The van der Waals surface area contributed by atoms with Gasteiger partial charge in [-0.2, -0.15) is 13.2 Å². The SMILES string of the molecule is FC(F)(F)CNc1c(Cl)cc(Cl)cc1Cl. The summed E-state index contributed by atoms with van der Waals surface area (Å²) in [7, 11) is 0. The van der Waals surface area contributed by atoms with Gasteiger partial charge in [0, 0.05) is 5.02 Å². The summed E-state index contributed by atoms with van der Waals surface area (Å²) < 4.78 is 35.7. The molecular weight excluding hydrogens is 273 g/mol. The molecule has 0 spiro atoms. The molecule has 1 rings (SSSR count). The van der Waals surface area contributed by atoms with Crippen molar-refractivity contribution >= 4 is 40.5 Å². The first-order chi connectivity index (χ1) is 6.79. The molecule has 84 valence electrons. The molecule has 0 fully saturated rings. The van der Waals surface area contributed by atoms with Crippen LogP contribution < -0.4 is 5.32 Å². The van der Waals surface area contributed by atoms with Gasteiger partial charge in [-0.1, -0.05) is 34.8 Å². The van der Waals surface area contributed by atoms with E-state index >= 15 is 0 Å². The van der Waals surface area contributed by atoms with E-state index in [1.165, 1.54) is 12.1 Å². The molecule has 7 heteroatoms. The zero-order chi connectivity index (χ0) is 11.6. The lowest BCUT2D eigenvalue weighted by Gasteiger charge is -2.12. The van der Waals surface area contributed by atoms with E-state index in [1.807, 2.05) is 0 Å². The van der Waals surface area contributed by atoms with Gasteiger partial charge in [0.15, 0.2) is 0 Å². The largest absolute Gasteiger partial charge is 0.405 e. The molecule has 0 radical (unpaired) electrons. The second-order valence-electron chi connectivity index (χ2n) is 2.71. The Morgan fingerprint density at radius 3 is 1.93 bits per heavy atom. The zero-order valence-corrected chi connectivity index (χ0v) is 9.40. The average molecular weight is 278 g/mol. The van der Waals surface area contributed by atoms with Gasteiger partial charge in [0.2, 0.25) is 0 Å². The van der Waals surface area contributed by atoms with E-state index in [0.29, 0.717) is 0 Å². The molecule has 0 atom stereocenters. The van der Waals surface area contributed by atoms with Crippen molar-refractivity contribution in [2.45, 2.75) is 6.18 Å². The third-order valence-electron chi connectivity index (χ3n) is 1.47. The van der Waals surface area contributed by atoms with Crippen molar-refractivity contribution in [1.29, 1.82) is 0 Å². The van der Waals surface area contributed by atoms with Gasteiger partial charge >= 0.3 is 6.18 Å². The first-order valence-corrected chi connectivity index (χ1v) is 4.88. The van der Waals surface area contributed by atoms with E-state index < -0.39 is 12.7 Å². The molecule has 0 unspecified atom stereocenters. The Hall–Kier alpha value is -0.320. The van der Waals surface area contributed by atoms with Crippen molar-refractivity contribution < 1.29 is 13.2 Å². The quantitative estimate of drug-likeness (QED) is 0.832. The van der Waals surface area contributed by atoms with Crippen molar-refractivity contribution in [3.63, 3.8) is 0 Å². The van der Waals surface area contributed by atoms with Gasteiger partial charge in [0.1, 0.15) is 6.54 Å². The van der Waals surface area contributed by atoms with Crippen LogP contribution in [0.5, 0.6) is 0 Å². The van der Waals surface area contributed by atoms with Crippen molar-refractivity contribution in [2.24, 2.45) is 0 Å². The summed E-state index contributed by atoms with van der Waals surface area (Å²) in [6.45, 7) is -1.20. The van der Waals surface area contributed by atoms with E-state index in [0.717, 1.165) is 0 Å². The summed E-state index contributed by atoms with van der Waals surface area (Å²) in [4.78, 5) is 0. The van der Waals surface area contributed by atoms with Crippen LogP contribution in [0.3, 0.4) is 0 Å². The Bertz CT molecular complexity index is 342. The van der Waals surface area contributed by atoms with Gasteiger partial charge in [-0.15, -0.1) is 0 Å². The number of hydrogen-bond acceptors (Lipinski definition) is 1. The summed E-state index contributed by atoms with van der Waals surface area (Å²) in [5, 5.41) is 2.47. The molecule has 1 aromatic rings. The topological polar surface area (TPSA) is 12.0 Å². The minimum atomic E-state index is -4.33. The van der Waals surface area contributed by atoms with Gasteiger partial charge < -0.3 is 5.32 Å². The summed E-state index contributed by atoms with van der Waals surface area (Å²) in [6.07, 6.45) is -4.33. The maximum atomic E-state index is 11.9. The molecule has 1 aromatic carbocycles. The normalized spacial score (nSPS) is 11.6. The molecular formula is C8H5Cl3F3N. The number of alkyl halides is 3. The highest BCUT2D eigenvalue weighted by Gasteiger charge is 2.27. The number of benzene rings is 1. The number of anilines is 1. The third kappa shape index (κ3) is 3.97. The smallest absolute Gasteiger partial charge is 0.374 e. The molecule has 0 saturated heterocycles. The molecule has 0 bridgehead atoms. The fourth-order valence-corrected chi connectivity index (χ4v) is 1.85. The van der Waals surface area contributed by atoms with Crippen molar-refractivity contribution in [3.8, 4) is 0 Å². The monoisotopic (exact) mass is 277 g/mol. The van der Waals surface area contributed by atoms with Crippen LogP contribution in [0.4, 0.5) is 18.9 Å². The maximum Gasteiger partial charge on any atom is 0.405 e. The number of nitrogens with one attached hydrogen (secondary N) is 1. The molecule has 0 heterocycles. The Morgan fingerprint density at radius 1 is 1.07 bits per heavy atom. The highest BCUT2D eigenvalue weighted by atomic mass is 35.5. The van der Waals surface area contributed by atoms with Crippen molar-refractivity contribution in [2.75, 3.05) is 11.9 Å². The predicted octanol–water partition coefficient (Wildman–Crippen LogP) is 4.62. The van der Waals surface area contributed by atoms with E-state index in [1.54, 1.807) is 0 Å². The summed E-state index contributed by atoms with van der Waals surface area (Å²) in [6, 6.07) is 2.63. The predicted molar refractivity (Wildman–Crippen MR) is 56.0 cm³/mol. The van der Waals surface area contributed by atoms with Crippen LogP contribution in [0, 0.1) is 0 Å². The summed E-state index contributed by atoms with van der Waals surface area (Å²) in [5.41, 5.74) is 0.0278. The second kappa shape index (κ2) is 4.68. The van der Waals surface area contributed by atoms with Gasteiger partial charge in [-0.05, 0) is 12.1 Å². The van der Waals surface area contributed by atoms with Crippen LogP contribution in [0.25, 0.3) is 0 Å². The molecule has 0 aliphatic carbocycles. The molecule has 0 aromatic heterocycles. The highest BCUT2D eigenvalue weighted by Crippen LogP contribution is 2.34. The highest BCUT2D eigenvalue weighted by molar-refractivity contribution is 6.41. The first kappa shape index (κ1) is 12.7. The zero-order valence-electron chi connectivity index (χ0n) is 7.13. The van der Waals surface area contributed by atoms with Crippen molar-refractivity contribution in [1.82, 2.24) is 0 Å². The van der Waals surface area contributed by atoms with Gasteiger partial charge in [0.05, 0.1) is 15.7 Å². The van der Waals surface area contributed by atoms with Gasteiger partial charge in [-0.25, -0.2) is 0 Å². The second-order valence-corrected chi connectivity index (χ2v) is 3.96. The molecule has 1 N–H and O–H groups in total. The van der Waals surface area contributed by atoms with Crippen LogP contribution >= 0.6 is 34.8 Å². The number of hydrogen-bond donors (Lipinski definition) is 1. The van der Waals surface area contributed by atoms with Crippen molar-refractivity contribution in [3.05, 3.63) is 27.2 Å². The van der Waals surface area contributed by atoms with Gasteiger partial charge in [0.25, 0.3) is 0 Å². The van der Waals surface area contributed by atoms with E-state index in [-0.39, 0.29) is 20.8 Å². The number of rotatable bonds is 2. The standard InChI is InChI=1S/C8H5Cl3F3N/c9-4-1-5(10)7(6(11)2-4)15-3-8(12,13)14/h1-2,15H,3H2. The lowest BCUT2D eigenvalue weighted by molar-refractivity contribution is -0.115. The summed E-state index contributed by atoms with van der Waals surface area (Å²) in [5.74, 6) is 0. The van der Waals surface area contributed by atoms with Crippen LogP contribution in [0.15, 0.2) is 12.1 Å². The van der Waals surface area contributed by atoms with E-state index in [2.05, 4.69) is 5.32 Å². The van der Waals surface area contributed by atoms with Crippen LogP contribution in [-0.4, -0.2) is 12.7 Å². The van der Waals surface area contributed by atoms with E-state index in [4.69, 9.17) is 34.8 Å². The van der Waals surface area contributed by atoms with Crippen LogP contribution in [-0.2, 0) is 0 Å². The molecule has 0 amide bonds. The molecule has 0 aliphatic rings. The van der Waals surface area contributed by atoms with Crippen LogP contribution in [0.1, 0.15) is 0 Å². The lowest BCUT2D eigenvalue weighted by Crippen LogP contribution is -2.21. The molecule has 1 nitrogen and oxygen atoms in total. The Kier molecular flexibility index (Phi) is 3.98. The summed E-state index contributed by atoms with van der Waals surface area (Å²) >= 11 is 16.9. The Balaban J connectivity index is 2.86. The number of halogens is 6. The minimum absolute atomic E-state index is 0.0278. The molecule has 0 aliphatic heterocycles. The fraction of sp³-hybridized carbons (Fsp3) is 0.250. The first-order valence-electron chi connectivity index (χ1n) is 3.75. The average Bonchev–Trinajstić information content (AvgIpc) is 1.99. The van der Waals surface area contributed by atoms with Gasteiger partial charge in [-0.3, -0.25) is 0 Å². The third-order valence-corrected chi connectivity index (χ3v) is 2.29. The maximum absolute atomic E-state index is 11.9. The fourth-order valence-electron chi connectivity index (χ4n) is 0.900. The molecule has 0 saturated carbocycles. The Morgan fingerprint density at radius 2 is 1.53 bits per heavy atom. The Labute approximate surface area is 99.1 Å². The lowest BCUT2D eigenvalue weighted by atomic mass is 10.3. The van der Waals surface area contributed by atoms with Crippen LogP contribution in [0.2, 0.25) is 15.1 Å². The van der Waals surface area contributed by atoms with E-state index in [9.17, 15) is 13.2 Å².